The summed E-state index contributed by atoms with van der Waals surface area (Å²) in [7, 11) is 4.25. The number of rotatable bonds is 12. The van der Waals surface area contributed by atoms with Crippen LogP contribution in [0.25, 0.3) is 44.2 Å². The Labute approximate surface area is 384 Å². The highest BCUT2D eigenvalue weighted by molar-refractivity contribution is 6.05. The lowest BCUT2D eigenvalue weighted by atomic mass is 9.91. The van der Waals surface area contributed by atoms with Gasteiger partial charge in [-0.15, -0.1) is 0 Å². The van der Waals surface area contributed by atoms with Crippen molar-refractivity contribution in [2.24, 2.45) is 11.8 Å². The molecule has 4 aromatic carbocycles. The Kier molecular flexibility index (Phi) is 12.5. The summed E-state index contributed by atoms with van der Waals surface area (Å²) in [6.45, 7) is 6.83. The van der Waals surface area contributed by atoms with E-state index in [9.17, 15) is 19.2 Å². The molecule has 0 bridgehead atoms. The van der Waals surface area contributed by atoms with Gasteiger partial charge in [-0.2, -0.15) is 0 Å². The first-order valence-corrected chi connectivity index (χ1v) is 23.0. The molecule has 3 aliphatic rings. The average Bonchev–Trinajstić information content (AvgIpc) is 4.19. The Morgan fingerprint density at radius 3 is 2.30 bits per heavy atom. The molecule has 6 aromatic rings. The van der Waals surface area contributed by atoms with E-state index in [0.29, 0.717) is 31.0 Å². The molecule has 2 fully saturated rings. The fourth-order valence-electron chi connectivity index (χ4n) is 10.6. The summed E-state index contributed by atoms with van der Waals surface area (Å²) in [6, 6.07) is 22.1. The summed E-state index contributed by atoms with van der Waals surface area (Å²) < 4.78 is 15.3. The van der Waals surface area contributed by atoms with Crippen molar-refractivity contribution >= 4 is 45.8 Å². The number of alkyl carbamates (subject to hydrolysis) is 2. The van der Waals surface area contributed by atoms with E-state index in [-0.39, 0.29) is 41.8 Å². The molecule has 0 saturated carbocycles. The van der Waals surface area contributed by atoms with Gasteiger partial charge in [0.1, 0.15) is 23.7 Å². The average molecular weight is 895 g/mol. The van der Waals surface area contributed by atoms with Gasteiger partial charge in [0, 0.05) is 36.6 Å². The number of H-pyrrole nitrogens is 2. The lowest BCUT2D eigenvalue weighted by molar-refractivity contribution is -0.137. The molecule has 66 heavy (non-hydrogen) atoms. The monoisotopic (exact) mass is 894 g/mol. The number of benzene rings is 4. The molecule has 6 unspecified atom stereocenters. The molecule has 9 rings (SSSR count). The van der Waals surface area contributed by atoms with Gasteiger partial charge >= 0.3 is 12.2 Å². The lowest BCUT2D eigenvalue weighted by Crippen LogP contribution is -2.52. The summed E-state index contributed by atoms with van der Waals surface area (Å²) in [5.41, 5.74) is 9.38. The number of imidazole rings is 2. The van der Waals surface area contributed by atoms with Crippen LogP contribution >= 0.6 is 0 Å². The van der Waals surface area contributed by atoms with E-state index >= 15 is 0 Å². The van der Waals surface area contributed by atoms with Crippen molar-refractivity contribution in [2.45, 2.75) is 89.5 Å². The highest BCUT2D eigenvalue weighted by Gasteiger charge is 2.43. The first-order chi connectivity index (χ1) is 32.0. The van der Waals surface area contributed by atoms with Crippen LogP contribution in [0.15, 0.2) is 79.0 Å². The third-order valence-electron chi connectivity index (χ3n) is 13.8. The summed E-state index contributed by atoms with van der Waals surface area (Å²) in [5, 5.41) is 7.60. The van der Waals surface area contributed by atoms with Gasteiger partial charge in [0.05, 0.1) is 55.8 Å². The fraction of sp³-hybridized carbons (Fsp3) is 0.412. The molecule has 2 aliphatic heterocycles. The quantitative estimate of drug-likeness (QED) is 0.0938. The molecule has 4 N–H and O–H groups in total. The van der Waals surface area contributed by atoms with Gasteiger partial charge in [-0.25, -0.2) is 19.6 Å². The minimum absolute atomic E-state index is 0.0159. The van der Waals surface area contributed by atoms with Gasteiger partial charge in [-0.3, -0.25) is 9.59 Å². The van der Waals surface area contributed by atoms with Gasteiger partial charge in [0.15, 0.2) is 0 Å². The normalized spacial score (nSPS) is 20.2. The number of likely N-dealkylation sites (tertiary alicyclic amines) is 2. The zero-order valence-electron chi connectivity index (χ0n) is 38.4. The van der Waals surface area contributed by atoms with Crippen molar-refractivity contribution in [3.63, 3.8) is 0 Å². The van der Waals surface area contributed by atoms with Crippen LogP contribution in [0.2, 0.25) is 0 Å². The number of carbonyl (C=O) groups excluding carboxylic acids is 4. The molecule has 4 amide bonds. The number of fused-ring (bicyclic) bond motifs is 4. The molecule has 2 aromatic heterocycles. The fourth-order valence-corrected chi connectivity index (χ4v) is 10.6. The van der Waals surface area contributed by atoms with Gasteiger partial charge < -0.3 is 44.6 Å². The van der Waals surface area contributed by atoms with E-state index < -0.39 is 24.3 Å². The number of carbonyl (C=O) groups is 4. The van der Waals surface area contributed by atoms with Crippen LogP contribution in [-0.4, -0.2) is 100 Å². The number of methoxy groups -OCH3 is 3. The lowest BCUT2D eigenvalue weighted by Gasteiger charge is -2.32. The molecule has 2 saturated heterocycles. The molecule has 0 radical (unpaired) electrons. The van der Waals surface area contributed by atoms with E-state index in [1.807, 2.05) is 67.1 Å². The predicted molar refractivity (Wildman–Crippen MR) is 250 cm³/mol. The number of nitrogens with one attached hydrogen (secondary N) is 4. The van der Waals surface area contributed by atoms with Crippen molar-refractivity contribution in [1.82, 2.24) is 40.4 Å². The zero-order valence-corrected chi connectivity index (χ0v) is 38.4. The summed E-state index contributed by atoms with van der Waals surface area (Å²) in [5.74, 6) is 1.01. The number of nitrogens with zero attached hydrogens (tertiary/aromatic N) is 4. The Hall–Kier alpha value is -6.74. The van der Waals surface area contributed by atoms with Crippen LogP contribution in [0.1, 0.15) is 92.9 Å². The smallest absolute Gasteiger partial charge is 0.407 e. The molecule has 15 nitrogen and oxygen atoms in total. The Bertz CT molecular complexity index is 2780. The largest absolute Gasteiger partial charge is 0.453 e. The number of amides is 4. The van der Waals surface area contributed by atoms with Gasteiger partial charge in [0.25, 0.3) is 5.91 Å². The highest BCUT2D eigenvalue weighted by Crippen LogP contribution is 2.43. The molecule has 15 heteroatoms. The summed E-state index contributed by atoms with van der Waals surface area (Å²) in [4.78, 5) is 74.0. The Morgan fingerprint density at radius 2 is 1.56 bits per heavy atom. The summed E-state index contributed by atoms with van der Waals surface area (Å²) >= 11 is 0. The second-order valence-electron chi connectivity index (χ2n) is 18.3. The SMILES string of the molecule is COCC1CC(c2ncc(-c3ccc(-c4ccc5c(ccc6[nH]c(C7CCC(C)N7C(=O)C(NC(=O)OC)C(C)C)nc65)c4)c4c3CCC4)[nH]2)N(C(=O)C(NC(=O)OC)c2ccccc2)C1. The zero-order chi connectivity index (χ0) is 46.2. The van der Waals surface area contributed by atoms with Crippen molar-refractivity contribution in [2.75, 3.05) is 34.5 Å². The van der Waals surface area contributed by atoms with Crippen LogP contribution in [0.3, 0.4) is 0 Å². The molecule has 6 atom stereocenters. The number of aromatic amines is 2. The predicted octanol–water partition coefficient (Wildman–Crippen LogP) is 8.33. The molecule has 0 spiro atoms. The second kappa shape index (κ2) is 18.6. The van der Waals surface area contributed by atoms with Crippen LogP contribution in [0, 0.1) is 11.8 Å². The van der Waals surface area contributed by atoms with Gasteiger partial charge in [0.2, 0.25) is 5.91 Å². The van der Waals surface area contributed by atoms with Crippen LogP contribution in [0.4, 0.5) is 9.59 Å². The van der Waals surface area contributed by atoms with E-state index in [4.69, 9.17) is 24.2 Å². The Balaban J connectivity index is 0.986. The van der Waals surface area contributed by atoms with E-state index in [0.717, 1.165) is 76.6 Å². The number of ether oxygens (including phenoxy) is 3. The van der Waals surface area contributed by atoms with Crippen molar-refractivity contribution < 1.29 is 33.4 Å². The van der Waals surface area contributed by atoms with Crippen molar-refractivity contribution in [1.29, 1.82) is 0 Å². The van der Waals surface area contributed by atoms with Crippen LogP contribution in [0.5, 0.6) is 0 Å². The maximum Gasteiger partial charge on any atom is 0.407 e. The molecule has 344 valence electrons. The Morgan fingerprint density at radius 1 is 0.818 bits per heavy atom. The first-order valence-electron chi connectivity index (χ1n) is 23.0. The molecular formula is C51H58N8O7. The molecular weight excluding hydrogens is 837 g/mol. The minimum atomic E-state index is -0.934. The topological polar surface area (TPSA) is 184 Å². The highest BCUT2D eigenvalue weighted by atomic mass is 16.5. The van der Waals surface area contributed by atoms with Gasteiger partial charge in [-0.1, -0.05) is 74.5 Å². The maximum atomic E-state index is 14.4. The van der Waals surface area contributed by atoms with Crippen molar-refractivity contribution in [3.05, 3.63) is 107 Å². The second-order valence-corrected chi connectivity index (χ2v) is 18.3. The standard InChI is InChI=1S/C51H58N8O7/c1-28(2)43(56-50(62)65-5)49(61)59-29(3)15-22-41(59)47-53-39-21-17-33-24-32(16-18-35(33)45(39)55-47)34-19-20-38(37-14-10-13-36(34)37)40-25-52-46(54-40)42-23-30(27-64-4)26-58(42)48(60)44(57-51(63)66-6)31-11-8-7-9-12-31/h7-9,11-12,16-21,24-25,28-30,41-44H,10,13-15,22-23,26-27H2,1-6H3,(H,52,54)(H,53,55)(H,56,62)(H,57,63). The van der Waals surface area contributed by atoms with E-state index in [1.165, 1.54) is 30.9 Å². The van der Waals surface area contributed by atoms with E-state index in [1.54, 1.807) is 7.11 Å². The molecule has 1 aliphatic carbocycles. The number of aromatic nitrogens is 4. The van der Waals surface area contributed by atoms with Crippen LogP contribution < -0.4 is 10.6 Å². The minimum Gasteiger partial charge on any atom is -0.453 e. The third kappa shape index (κ3) is 8.36. The molecule has 4 heterocycles. The number of hydrogen-bond donors (Lipinski definition) is 4. The van der Waals surface area contributed by atoms with Crippen LogP contribution in [-0.2, 0) is 36.6 Å². The van der Waals surface area contributed by atoms with Gasteiger partial charge in [-0.05, 0) is 96.7 Å². The number of hydrogen-bond acceptors (Lipinski definition) is 9. The summed E-state index contributed by atoms with van der Waals surface area (Å²) in [6.07, 6.45) is 5.75. The maximum absolute atomic E-state index is 14.4. The third-order valence-corrected chi connectivity index (χ3v) is 13.8. The van der Waals surface area contributed by atoms with E-state index in [2.05, 4.69) is 63.1 Å². The first kappa shape index (κ1) is 44.5. The van der Waals surface area contributed by atoms with Crippen molar-refractivity contribution in [3.8, 4) is 22.4 Å².